The fourth-order valence-electron chi connectivity index (χ4n) is 3.14. The molecule has 2 heterocycles. The van der Waals surface area contributed by atoms with E-state index >= 15 is 0 Å². The fraction of sp³-hybridized carbons (Fsp3) is 0.286. The van der Waals surface area contributed by atoms with E-state index in [2.05, 4.69) is 47.9 Å². The molecular formula is C21H22BrN5O2S. The molecule has 1 fully saturated rings. The lowest BCUT2D eigenvalue weighted by atomic mass is 10.1. The van der Waals surface area contributed by atoms with Crippen molar-refractivity contribution in [3.63, 3.8) is 0 Å². The molecule has 9 heteroatoms. The summed E-state index contributed by atoms with van der Waals surface area (Å²) in [5.41, 5.74) is 2.92. The maximum absolute atomic E-state index is 5.42. The molecule has 1 saturated heterocycles. The highest BCUT2D eigenvalue weighted by atomic mass is 79.9. The number of halogens is 1. The monoisotopic (exact) mass is 487 g/mol. The third kappa shape index (κ3) is 5.63. The lowest BCUT2D eigenvalue weighted by Crippen LogP contribution is -2.36. The average molecular weight is 488 g/mol. The SMILES string of the molecule is S=C(NCCC1OCCO1)NCc1ccc2ncnc(Nc3cccc(Br)c3)c2c1. The first-order valence-corrected chi connectivity index (χ1v) is 10.9. The van der Waals surface area contributed by atoms with Gasteiger partial charge in [-0.25, -0.2) is 9.97 Å². The second kappa shape index (κ2) is 10.1. The van der Waals surface area contributed by atoms with Gasteiger partial charge in [0.1, 0.15) is 12.1 Å². The van der Waals surface area contributed by atoms with E-state index in [1.165, 1.54) is 0 Å². The first kappa shape index (κ1) is 20.9. The van der Waals surface area contributed by atoms with Gasteiger partial charge in [0.05, 0.1) is 18.7 Å². The highest BCUT2D eigenvalue weighted by molar-refractivity contribution is 9.10. The molecule has 0 bridgehead atoms. The summed E-state index contributed by atoms with van der Waals surface area (Å²) in [6.45, 7) is 2.63. The molecule has 2 aromatic carbocycles. The van der Waals surface area contributed by atoms with Gasteiger partial charge in [-0.2, -0.15) is 0 Å². The molecule has 0 amide bonds. The maximum Gasteiger partial charge on any atom is 0.166 e. The van der Waals surface area contributed by atoms with Crippen LogP contribution < -0.4 is 16.0 Å². The smallest absolute Gasteiger partial charge is 0.166 e. The molecule has 7 nitrogen and oxygen atoms in total. The van der Waals surface area contributed by atoms with Crippen LogP contribution >= 0.6 is 28.1 Å². The Morgan fingerprint density at radius 2 is 1.97 bits per heavy atom. The summed E-state index contributed by atoms with van der Waals surface area (Å²) < 4.78 is 11.8. The second-order valence-corrected chi connectivity index (χ2v) is 8.10. The Morgan fingerprint density at radius 3 is 2.80 bits per heavy atom. The van der Waals surface area contributed by atoms with Crippen LogP contribution in [0.2, 0.25) is 0 Å². The molecule has 0 radical (unpaired) electrons. The topological polar surface area (TPSA) is 80.3 Å². The van der Waals surface area contributed by atoms with Gasteiger partial charge in [-0.05, 0) is 48.1 Å². The summed E-state index contributed by atoms with van der Waals surface area (Å²) in [4.78, 5) is 8.80. The van der Waals surface area contributed by atoms with Gasteiger partial charge in [0.15, 0.2) is 11.4 Å². The summed E-state index contributed by atoms with van der Waals surface area (Å²) in [6.07, 6.45) is 2.20. The standard InChI is InChI=1S/C21H22BrN5O2S/c22-15-2-1-3-16(11-15)27-20-17-10-14(4-5-18(17)25-13-26-20)12-24-21(30)23-7-6-19-28-8-9-29-19/h1-5,10-11,13,19H,6-9,12H2,(H2,23,24,30)(H,25,26,27). The molecule has 3 N–H and O–H groups in total. The van der Waals surface area contributed by atoms with Gasteiger partial charge in [-0.15, -0.1) is 0 Å². The lowest BCUT2D eigenvalue weighted by molar-refractivity contribution is -0.0452. The third-order valence-corrected chi connectivity index (χ3v) is 5.38. The fourth-order valence-corrected chi connectivity index (χ4v) is 3.71. The third-order valence-electron chi connectivity index (χ3n) is 4.60. The van der Waals surface area contributed by atoms with Gasteiger partial charge in [-0.1, -0.05) is 28.1 Å². The van der Waals surface area contributed by atoms with Crippen molar-refractivity contribution in [3.8, 4) is 0 Å². The van der Waals surface area contributed by atoms with Crippen LogP contribution in [0.1, 0.15) is 12.0 Å². The molecule has 30 heavy (non-hydrogen) atoms. The minimum atomic E-state index is -0.128. The number of hydrogen-bond donors (Lipinski definition) is 3. The number of thiocarbonyl (C=S) groups is 1. The van der Waals surface area contributed by atoms with Crippen LogP contribution in [0.4, 0.5) is 11.5 Å². The minimum Gasteiger partial charge on any atom is -0.363 e. The van der Waals surface area contributed by atoms with Gasteiger partial charge in [0.2, 0.25) is 0 Å². The number of ether oxygens (including phenoxy) is 2. The summed E-state index contributed by atoms with van der Waals surface area (Å²) in [5, 5.41) is 11.3. The van der Waals surface area contributed by atoms with Crippen molar-refractivity contribution in [2.45, 2.75) is 19.3 Å². The number of benzene rings is 2. The zero-order valence-electron chi connectivity index (χ0n) is 16.2. The van der Waals surface area contributed by atoms with Gasteiger partial charge in [0.25, 0.3) is 0 Å². The molecule has 4 rings (SSSR count). The van der Waals surface area contributed by atoms with Gasteiger partial charge >= 0.3 is 0 Å². The van der Waals surface area contributed by atoms with E-state index in [0.717, 1.165) is 38.9 Å². The normalized spacial score (nSPS) is 14.0. The van der Waals surface area contributed by atoms with E-state index in [1.807, 2.05) is 36.4 Å². The summed E-state index contributed by atoms with van der Waals surface area (Å²) in [6, 6.07) is 14.1. The summed E-state index contributed by atoms with van der Waals surface area (Å²) >= 11 is 8.86. The van der Waals surface area contributed by atoms with Crippen molar-refractivity contribution in [1.82, 2.24) is 20.6 Å². The Hall–Kier alpha value is -2.33. The minimum absolute atomic E-state index is 0.128. The van der Waals surface area contributed by atoms with Crippen molar-refractivity contribution >= 4 is 55.7 Å². The number of hydrogen-bond acceptors (Lipinski definition) is 6. The lowest BCUT2D eigenvalue weighted by Gasteiger charge is -2.13. The molecule has 1 aliphatic heterocycles. The van der Waals surface area contributed by atoms with Crippen LogP contribution in [-0.4, -0.2) is 41.1 Å². The second-order valence-electron chi connectivity index (χ2n) is 6.78. The molecule has 3 aromatic rings. The van der Waals surface area contributed by atoms with E-state index in [1.54, 1.807) is 6.33 Å². The van der Waals surface area contributed by atoms with E-state index in [-0.39, 0.29) is 6.29 Å². The van der Waals surface area contributed by atoms with E-state index in [0.29, 0.717) is 31.4 Å². The zero-order valence-corrected chi connectivity index (χ0v) is 18.6. The van der Waals surface area contributed by atoms with Gasteiger partial charge in [0, 0.05) is 35.1 Å². The quantitative estimate of drug-likeness (QED) is 0.433. The Labute approximate surface area is 188 Å². The number of nitrogens with zero attached hydrogens (tertiary/aromatic N) is 2. The van der Waals surface area contributed by atoms with Crippen LogP contribution in [0.5, 0.6) is 0 Å². The first-order valence-electron chi connectivity index (χ1n) is 9.68. The molecule has 0 aliphatic carbocycles. The van der Waals surface area contributed by atoms with Crippen molar-refractivity contribution in [1.29, 1.82) is 0 Å². The summed E-state index contributed by atoms with van der Waals surface area (Å²) in [7, 11) is 0. The Morgan fingerprint density at radius 1 is 1.10 bits per heavy atom. The molecule has 0 saturated carbocycles. The molecule has 1 aromatic heterocycles. The highest BCUT2D eigenvalue weighted by Gasteiger charge is 2.15. The van der Waals surface area contributed by atoms with Crippen molar-refractivity contribution < 1.29 is 9.47 Å². The highest BCUT2D eigenvalue weighted by Crippen LogP contribution is 2.25. The summed E-state index contributed by atoms with van der Waals surface area (Å²) in [5.74, 6) is 0.761. The van der Waals surface area contributed by atoms with Crippen molar-refractivity contribution in [3.05, 3.63) is 58.8 Å². The van der Waals surface area contributed by atoms with Crippen LogP contribution in [-0.2, 0) is 16.0 Å². The van der Waals surface area contributed by atoms with Crippen LogP contribution in [0.3, 0.4) is 0 Å². The van der Waals surface area contributed by atoms with Crippen LogP contribution in [0, 0.1) is 0 Å². The molecule has 156 valence electrons. The van der Waals surface area contributed by atoms with Crippen molar-refractivity contribution in [2.75, 3.05) is 25.1 Å². The van der Waals surface area contributed by atoms with E-state index in [9.17, 15) is 0 Å². The number of anilines is 2. The Bertz CT molecular complexity index is 1030. The van der Waals surface area contributed by atoms with Gasteiger partial charge < -0.3 is 25.4 Å². The molecule has 0 atom stereocenters. The number of aromatic nitrogens is 2. The zero-order chi connectivity index (χ0) is 20.8. The largest absolute Gasteiger partial charge is 0.363 e. The number of rotatable bonds is 7. The first-order chi connectivity index (χ1) is 14.7. The average Bonchev–Trinajstić information content (AvgIpc) is 3.26. The molecular weight excluding hydrogens is 466 g/mol. The predicted octanol–water partition coefficient (Wildman–Crippen LogP) is 3.86. The Balaban J connectivity index is 1.37. The number of nitrogens with one attached hydrogen (secondary N) is 3. The maximum atomic E-state index is 5.42. The predicted molar refractivity (Wildman–Crippen MR) is 125 cm³/mol. The van der Waals surface area contributed by atoms with E-state index < -0.39 is 0 Å². The van der Waals surface area contributed by atoms with Crippen LogP contribution in [0.15, 0.2) is 53.3 Å². The molecule has 0 spiro atoms. The number of fused-ring (bicyclic) bond motifs is 1. The van der Waals surface area contributed by atoms with Crippen LogP contribution in [0.25, 0.3) is 10.9 Å². The van der Waals surface area contributed by atoms with Crippen molar-refractivity contribution in [2.24, 2.45) is 0 Å². The molecule has 0 unspecified atom stereocenters. The van der Waals surface area contributed by atoms with E-state index in [4.69, 9.17) is 21.7 Å². The molecule has 1 aliphatic rings. The van der Waals surface area contributed by atoms with Gasteiger partial charge in [-0.3, -0.25) is 0 Å². The Kier molecular flexibility index (Phi) is 7.06.